The Kier molecular flexibility index (Phi) is 4.20. The van der Waals surface area contributed by atoms with Gasteiger partial charge in [0, 0.05) is 19.1 Å². The van der Waals surface area contributed by atoms with Crippen LogP contribution < -0.4 is 4.72 Å². The first-order chi connectivity index (χ1) is 12.4. The fraction of sp³-hybridized carbons (Fsp3) is 0.316. The van der Waals surface area contributed by atoms with Crippen LogP contribution in [0.25, 0.3) is 11.0 Å². The third-order valence-corrected chi connectivity index (χ3v) is 5.52. The molecule has 3 aromatic rings. The summed E-state index contributed by atoms with van der Waals surface area (Å²) in [7, 11) is -3.29. The molecule has 0 unspecified atom stereocenters. The smallest absolute Gasteiger partial charge is 0.229 e. The summed E-state index contributed by atoms with van der Waals surface area (Å²) in [5, 5.41) is 0. The molecule has 26 heavy (non-hydrogen) atoms. The average Bonchev–Trinajstić information content (AvgIpc) is 2.97. The number of nitrogens with zero attached hydrogens (tertiary/aromatic N) is 3. The van der Waals surface area contributed by atoms with Crippen LogP contribution in [-0.2, 0) is 23.1 Å². The number of imidazole rings is 1. The van der Waals surface area contributed by atoms with Crippen molar-refractivity contribution in [1.82, 2.24) is 14.5 Å². The largest absolute Gasteiger partial charge is 0.326 e. The summed E-state index contributed by atoms with van der Waals surface area (Å²) in [6.45, 7) is 4.83. The van der Waals surface area contributed by atoms with E-state index < -0.39 is 10.0 Å². The highest BCUT2D eigenvalue weighted by atomic mass is 32.2. The zero-order valence-corrected chi connectivity index (χ0v) is 15.7. The molecule has 1 aromatic heterocycles. The van der Waals surface area contributed by atoms with Gasteiger partial charge in [-0.05, 0) is 30.7 Å². The highest BCUT2D eigenvalue weighted by molar-refractivity contribution is 7.92. The van der Waals surface area contributed by atoms with Gasteiger partial charge in [0.05, 0.1) is 29.5 Å². The minimum atomic E-state index is -3.29. The quantitative estimate of drug-likeness (QED) is 0.767. The van der Waals surface area contributed by atoms with Crippen LogP contribution in [0, 0.1) is 0 Å². The first-order valence-corrected chi connectivity index (χ1v) is 10.6. The van der Waals surface area contributed by atoms with Crippen LogP contribution in [0.4, 0.5) is 5.69 Å². The lowest BCUT2D eigenvalue weighted by atomic mass is 10.1. The van der Waals surface area contributed by atoms with E-state index in [0.717, 1.165) is 42.7 Å². The number of nitrogens with one attached hydrogen (secondary N) is 1. The van der Waals surface area contributed by atoms with E-state index in [2.05, 4.69) is 45.4 Å². The third-order valence-electron chi connectivity index (χ3n) is 4.92. The molecule has 0 fully saturated rings. The van der Waals surface area contributed by atoms with E-state index in [1.165, 1.54) is 5.56 Å². The number of rotatable bonds is 4. The Hall–Kier alpha value is -2.38. The topological polar surface area (TPSA) is 67.2 Å². The summed E-state index contributed by atoms with van der Waals surface area (Å²) in [5.41, 5.74) is 3.72. The van der Waals surface area contributed by atoms with Gasteiger partial charge in [0.2, 0.25) is 10.0 Å². The maximum atomic E-state index is 11.4. The van der Waals surface area contributed by atoms with Crippen molar-refractivity contribution >= 4 is 26.7 Å². The van der Waals surface area contributed by atoms with Gasteiger partial charge in [0.1, 0.15) is 5.82 Å². The normalized spacial score (nSPS) is 16.4. The van der Waals surface area contributed by atoms with Crippen molar-refractivity contribution in [1.29, 1.82) is 0 Å². The van der Waals surface area contributed by atoms with Crippen molar-refractivity contribution in [2.75, 3.05) is 17.5 Å². The highest BCUT2D eigenvalue weighted by Gasteiger charge is 2.24. The van der Waals surface area contributed by atoms with Crippen LogP contribution in [0.3, 0.4) is 0 Å². The zero-order valence-electron chi connectivity index (χ0n) is 14.9. The predicted molar refractivity (Wildman–Crippen MR) is 103 cm³/mol. The third kappa shape index (κ3) is 3.32. The van der Waals surface area contributed by atoms with Crippen LogP contribution in [0.2, 0.25) is 0 Å². The summed E-state index contributed by atoms with van der Waals surface area (Å²) in [4.78, 5) is 7.18. The van der Waals surface area contributed by atoms with Crippen LogP contribution in [0.15, 0.2) is 48.5 Å². The Morgan fingerprint density at radius 2 is 1.88 bits per heavy atom. The van der Waals surface area contributed by atoms with Gasteiger partial charge in [-0.15, -0.1) is 0 Å². The molecule has 0 saturated heterocycles. The van der Waals surface area contributed by atoms with Gasteiger partial charge in [0.25, 0.3) is 0 Å². The number of aromatic nitrogens is 2. The van der Waals surface area contributed by atoms with Gasteiger partial charge in [-0.3, -0.25) is 9.62 Å². The van der Waals surface area contributed by atoms with Crippen molar-refractivity contribution in [3.8, 4) is 0 Å². The predicted octanol–water partition coefficient (Wildman–Crippen LogP) is 2.98. The number of hydrogen-bond acceptors (Lipinski definition) is 4. The number of hydrogen-bond donors (Lipinski definition) is 1. The van der Waals surface area contributed by atoms with Crippen molar-refractivity contribution in [3.63, 3.8) is 0 Å². The average molecular weight is 370 g/mol. The molecule has 136 valence electrons. The monoisotopic (exact) mass is 370 g/mol. The molecule has 4 rings (SSSR count). The van der Waals surface area contributed by atoms with E-state index in [4.69, 9.17) is 4.98 Å². The summed E-state index contributed by atoms with van der Waals surface area (Å²) in [5.74, 6) is 1.02. The van der Waals surface area contributed by atoms with Crippen LogP contribution >= 0.6 is 0 Å². The maximum Gasteiger partial charge on any atom is 0.229 e. The van der Waals surface area contributed by atoms with Crippen LogP contribution in [0.1, 0.15) is 24.4 Å². The van der Waals surface area contributed by atoms with Crippen molar-refractivity contribution in [2.45, 2.75) is 26.1 Å². The van der Waals surface area contributed by atoms with Gasteiger partial charge in [0.15, 0.2) is 0 Å². The Bertz CT molecular complexity index is 1040. The molecule has 1 aliphatic heterocycles. The number of sulfonamides is 1. The minimum absolute atomic E-state index is 0.326. The second kappa shape index (κ2) is 6.41. The standard InChI is InChI=1S/C19H22N4O2S/c1-14(15-6-4-3-5-7-15)22-10-11-23-18-9-8-16(21-26(2,24)25)12-17(18)20-19(23)13-22/h3-9,12,14,21H,10-11,13H2,1-2H3/t14-/m0/s1. The number of benzene rings is 2. The second-order valence-corrected chi connectivity index (χ2v) is 8.56. The van der Waals surface area contributed by atoms with Crippen LogP contribution in [-0.4, -0.2) is 35.7 Å². The molecular formula is C19H22N4O2S. The molecule has 1 aliphatic rings. The lowest BCUT2D eigenvalue weighted by molar-refractivity contribution is 0.165. The molecule has 7 heteroatoms. The molecule has 0 saturated carbocycles. The van der Waals surface area contributed by atoms with E-state index in [9.17, 15) is 8.42 Å². The van der Waals surface area contributed by atoms with Gasteiger partial charge in [-0.25, -0.2) is 13.4 Å². The van der Waals surface area contributed by atoms with E-state index in [1.807, 2.05) is 12.1 Å². The number of fused-ring (bicyclic) bond motifs is 3. The zero-order chi connectivity index (χ0) is 18.3. The highest BCUT2D eigenvalue weighted by Crippen LogP contribution is 2.28. The molecule has 0 aliphatic carbocycles. The molecular weight excluding hydrogens is 348 g/mol. The number of anilines is 1. The SMILES string of the molecule is C[C@@H](c1ccccc1)N1CCn2c(nc3cc(NS(C)(=O)=O)ccc32)C1. The van der Waals surface area contributed by atoms with E-state index >= 15 is 0 Å². The first-order valence-electron chi connectivity index (χ1n) is 8.67. The van der Waals surface area contributed by atoms with E-state index in [-0.39, 0.29) is 0 Å². The molecule has 1 atom stereocenters. The molecule has 2 heterocycles. The molecule has 2 aromatic carbocycles. The summed E-state index contributed by atoms with van der Waals surface area (Å²) >= 11 is 0. The minimum Gasteiger partial charge on any atom is -0.326 e. The van der Waals surface area contributed by atoms with Crippen molar-refractivity contribution in [3.05, 3.63) is 59.9 Å². The molecule has 0 bridgehead atoms. The molecule has 0 radical (unpaired) electrons. The first kappa shape index (κ1) is 17.1. The fourth-order valence-electron chi connectivity index (χ4n) is 3.59. The van der Waals surface area contributed by atoms with Gasteiger partial charge < -0.3 is 4.57 Å². The van der Waals surface area contributed by atoms with Crippen molar-refractivity contribution in [2.24, 2.45) is 0 Å². The fourth-order valence-corrected chi connectivity index (χ4v) is 4.14. The van der Waals surface area contributed by atoms with Crippen LogP contribution in [0.5, 0.6) is 0 Å². The summed E-state index contributed by atoms with van der Waals surface area (Å²) < 4.78 is 27.6. The Balaban J connectivity index is 1.62. The van der Waals surface area contributed by atoms with Gasteiger partial charge >= 0.3 is 0 Å². The molecule has 0 spiro atoms. The summed E-state index contributed by atoms with van der Waals surface area (Å²) in [6.07, 6.45) is 1.15. The van der Waals surface area contributed by atoms with Gasteiger partial charge in [-0.2, -0.15) is 0 Å². The Labute approximate surface area is 153 Å². The second-order valence-electron chi connectivity index (χ2n) is 6.81. The molecule has 0 amide bonds. The van der Waals surface area contributed by atoms with Crippen molar-refractivity contribution < 1.29 is 8.42 Å². The maximum absolute atomic E-state index is 11.4. The summed E-state index contributed by atoms with van der Waals surface area (Å²) in [6, 6.07) is 16.3. The lowest BCUT2D eigenvalue weighted by Crippen LogP contribution is -2.35. The Morgan fingerprint density at radius 3 is 2.62 bits per heavy atom. The lowest BCUT2D eigenvalue weighted by Gasteiger charge is -2.33. The Morgan fingerprint density at radius 1 is 1.12 bits per heavy atom. The molecule has 6 nitrogen and oxygen atoms in total. The van der Waals surface area contributed by atoms with Gasteiger partial charge in [-0.1, -0.05) is 30.3 Å². The van der Waals surface area contributed by atoms with E-state index in [1.54, 1.807) is 12.1 Å². The molecule has 1 N–H and O–H groups in total. The van der Waals surface area contributed by atoms with E-state index in [0.29, 0.717) is 11.7 Å².